The molecule has 0 fully saturated rings. The first kappa shape index (κ1) is 13.4. The third-order valence-corrected chi connectivity index (χ3v) is 3.81. The molecular weight excluding hydrogens is 265 g/mol. The summed E-state index contributed by atoms with van der Waals surface area (Å²) in [7, 11) is -3.79. The number of sulfonamides is 1. The van der Waals surface area contributed by atoms with Crippen molar-refractivity contribution in [1.82, 2.24) is 0 Å². The lowest BCUT2D eigenvalue weighted by molar-refractivity contribution is 0.598. The largest absolute Gasteiger partial charge is 0.282 e. The summed E-state index contributed by atoms with van der Waals surface area (Å²) >= 11 is 0. The zero-order valence-electron chi connectivity index (χ0n) is 10.2. The second kappa shape index (κ2) is 5.32. The topological polar surface area (TPSA) is 46.5 Å². The zero-order chi connectivity index (χ0) is 13.9. The molecule has 0 spiro atoms. The van der Waals surface area contributed by atoms with Crippen LogP contribution in [0.5, 0.6) is 0 Å². The molecule has 0 heterocycles. The Morgan fingerprint density at radius 2 is 1.68 bits per heavy atom. The molecule has 0 N–H and O–H groups in total. The molecule has 3 nitrogen and oxygen atoms in total. The van der Waals surface area contributed by atoms with Crippen molar-refractivity contribution in [3.8, 4) is 0 Å². The molecule has 0 aliphatic carbocycles. The second-order valence-corrected chi connectivity index (χ2v) is 5.68. The van der Waals surface area contributed by atoms with E-state index in [1.165, 1.54) is 30.3 Å². The van der Waals surface area contributed by atoms with E-state index >= 15 is 0 Å². The number of halogens is 1. The maximum atomic E-state index is 13.3. The summed E-state index contributed by atoms with van der Waals surface area (Å²) in [6.07, 6.45) is 1.02. The van der Waals surface area contributed by atoms with E-state index in [2.05, 4.69) is 4.40 Å². The monoisotopic (exact) mass is 277 g/mol. The van der Waals surface area contributed by atoms with E-state index in [1.807, 2.05) is 6.92 Å². The van der Waals surface area contributed by atoms with Crippen LogP contribution in [-0.2, 0) is 10.0 Å². The van der Waals surface area contributed by atoms with Crippen molar-refractivity contribution in [3.63, 3.8) is 0 Å². The summed E-state index contributed by atoms with van der Waals surface area (Å²) in [6, 6.07) is 12.2. The molecule has 0 bridgehead atoms. The fourth-order valence-corrected chi connectivity index (χ4v) is 2.33. The third-order valence-electron chi connectivity index (χ3n) is 2.55. The van der Waals surface area contributed by atoms with Crippen LogP contribution in [0, 0.1) is 12.7 Å². The van der Waals surface area contributed by atoms with E-state index in [-0.39, 0.29) is 10.5 Å². The summed E-state index contributed by atoms with van der Waals surface area (Å²) in [4.78, 5) is 0.0886. The highest BCUT2D eigenvalue weighted by molar-refractivity contribution is 7.90. The molecule has 2 aromatic rings. The molecule has 0 radical (unpaired) electrons. The van der Waals surface area contributed by atoms with Crippen molar-refractivity contribution in [2.45, 2.75) is 11.8 Å². The number of benzene rings is 2. The first-order valence-electron chi connectivity index (χ1n) is 5.60. The Morgan fingerprint density at radius 3 is 2.32 bits per heavy atom. The summed E-state index contributed by atoms with van der Waals surface area (Å²) < 4.78 is 40.6. The minimum atomic E-state index is -3.79. The Hall–Kier alpha value is -2.01. The fraction of sp³-hybridized carbons (Fsp3) is 0.0714. The molecule has 19 heavy (non-hydrogen) atoms. The third kappa shape index (κ3) is 3.26. The zero-order valence-corrected chi connectivity index (χ0v) is 11.1. The Labute approximate surface area is 111 Å². The molecule has 0 amide bonds. The van der Waals surface area contributed by atoms with Gasteiger partial charge < -0.3 is 0 Å². The molecule has 0 aliphatic rings. The van der Waals surface area contributed by atoms with Crippen LogP contribution in [0.15, 0.2) is 57.8 Å². The van der Waals surface area contributed by atoms with Crippen molar-refractivity contribution >= 4 is 16.2 Å². The van der Waals surface area contributed by atoms with Gasteiger partial charge in [-0.3, -0.25) is 0 Å². The average molecular weight is 277 g/mol. The van der Waals surface area contributed by atoms with Gasteiger partial charge in [-0.1, -0.05) is 35.9 Å². The van der Waals surface area contributed by atoms with Crippen LogP contribution < -0.4 is 0 Å². The van der Waals surface area contributed by atoms with E-state index in [4.69, 9.17) is 0 Å². The van der Waals surface area contributed by atoms with Gasteiger partial charge in [0.2, 0.25) is 0 Å². The highest BCUT2D eigenvalue weighted by atomic mass is 32.2. The van der Waals surface area contributed by atoms with E-state index in [9.17, 15) is 12.8 Å². The Bertz CT molecular complexity index is 706. The predicted octanol–water partition coefficient (Wildman–Crippen LogP) is 2.94. The maximum Gasteiger partial charge on any atom is 0.282 e. The van der Waals surface area contributed by atoms with Crippen LogP contribution in [0.4, 0.5) is 4.39 Å². The number of rotatable bonds is 3. The Balaban J connectivity index is 2.32. The van der Waals surface area contributed by atoms with Gasteiger partial charge in [0.1, 0.15) is 5.82 Å². The van der Waals surface area contributed by atoms with E-state index in [0.717, 1.165) is 11.8 Å². The standard InChI is InChI=1S/C14H12FNO2S/c1-11-6-8-13(9-7-11)19(17,18)16-10-12-4-2-3-5-14(12)15/h2-10H,1H3/b16-10-. The van der Waals surface area contributed by atoms with Crippen LogP contribution in [-0.4, -0.2) is 14.6 Å². The molecule has 2 rings (SSSR count). The van der Waals surface area contributed by atoms with Gasteiger partial charge in [0.15, 0.2) is 0 Å². The molecule has 0 saturated heterocycles. The molecule has 2 aromatic carbocycles. The molecule has 0 saturated carbocycles. The predicted molar refractivity (Wildman–Crippen MR) is 72.4 cm³/mol. The van der Waals surface area contributed by atoms with E-state index in [0.29, 0.717) is 0 Å². The van der Waals surface area contributed by atoms with Crippen LogP contribution in [0.2, 0.25) is 0 Å². The van der Waals surface area contributed by atoms with Crippen molar-refractivity contribution in [3.05, 3.63) is 65.5 Å². The highest BCUT2D eigenvalue weighted by Gasteiger charge is 2.11. The molecular formula is C14H12FNO2S. The molecule has 0 aliphatic heterocycles. The Kier molecular flexibility index (Phi) is 3.76. The van der Waals surface area contributed by atoms with Crippen molar-refractivity contribution in [1.29, 1.82) is 0 Å². The van der Waals surface area contributed by atoms with Gasteiger partial charge in [0.05, 0.1) is 11.1 Å². The second-order valence-electron chi connectivity index (χ2n) is 4.04. The lowest BCUT2D eigenvalue weighted by Gasteiger charge is -1.99. The van der Waals surface area contributed by atoms with Gasteiger partial charge in [0, 0.05) is 5.56 Å². The smallest absolute Gasteiger partial charge is 0.206 e. The van der Waals surface area contributed by atoms with E-state index in [1.54, 1.807) is 18.2 Å². The van der Waals surface area contributed by atoms with Crippen LogP contribution >= 0.6 is 0 Å². The molecule has 0 unspecified atom stereocenters. The maximum absolute atomic E-state index is 13.3. The van der Waals surface area contributed by atoms with Gasteiger partial charge in [-0.15, -0.1) is 0 Å². The lowest BCUT2D eigenvalue weighted by atomic mass is 10.2. The summed E-state index contributed by atoms with van der Waals surface area (Å²) in [5.41, 5.74) is 1.09. The van der Waals surface area contributed by atoms with Crippen LogP contribution in [0.25, 0.3) is 0 Å². The SMILES string of the molecule is Cc1ccc(S(=O)(=O)/N=C\c2ccccc2F)cc1. The van der Waals surface area contributed by atoms with Crippen LogP contribution in [0.1, 0.15) is 11.1 Å². The van der Waals surface area contributed by atoms with E-state index < -0.39 is 15.8 Å². The van der Waals surface area contributed by atoms with Crippen molar-refractivity contribution in [2.24, 2.45) is 4.40 Å². The van der Waals surface area contributed by atoms with Crippen LogP contribution in [0.3, 0.4) is 0 Å². The van der Waals surface area contributed by atoms with Gasteiger partial charge in [-0.2, -0.15) is 12.8 Å². The summed E-state index contributed by atoms with van der Waals surface area (Å²) in [6.45, 7) is 1.86. The quantitative estimate of drug-likeness (QED) is 0.810. The average Bonchev–Trinajstić information content (AvgIpc) is 2.38. The molecule has 0 aromatic heterocycles. The number of hydrogen-bond donors (Lipinski definition) is 0. The fourth-order valence-electron chi connectivity index (χ4n) is 1.48. The highest BCUT2D eigenvalue weighted by Crippen LogP contribution is 2.13. The van der Waals surface area contributed by atoms with Crippen molar-refractivity contribution < 1.29 is 12.8 Å². The summed E-state index contributed by atoms with van der Waals surface area (Å²) in [5, 5.41) is 0. The number of nitrogens with zero attached hydrogens (tertiary/aromatic N) is 1. The number of hydrogen-bond acceptors (Lipinski definition) is 2. The lowest BCUT2D eigenvalue weighted by Crippen LogP contribution is -1.98. The first-order valence-corrected chi connectivity index (χ1v) is 7.04. The molecule has 98 valence electrons. The molecule has 0 atom stereocenters. The van der Waals surface area contributed by atoms with Gasteiger partial charge in [-0.05, 0) is 25.1 Å². The van der Waals surface area contributed by atoms with Gasteiger partial charge >= 0.3 is 0 Å². The Morgan fingerprint density at radius 1 is 1.05 bits per heavy atom. The molecule has 5 heteroatoms. The summed E-state index contributed by atoms with van der Waals surface area (Å²) in [5.74, 6) is -0.509. The normalized spacial score (nSPS) is 11.9. The minimum absolute atomic E-state index is 0.0886. The number of aryl methyl sites for hydroxylation is 1. The minimum Gasteiger partial charge on any atom is -0.206 e. The first-order chi connectivity index (χ1) is 8.99. The van der Waals surface area contributed by atoms with Crippen molar-refractivity contribution in [2.75, 3.05) is 0 Å². The van der Waals surface area contributed by atoms with Gasteiger partial charge in [0.25, 0.3) is 10.0 Å². The van der Waals surface area contributed by atoms with Gasteiger partial charge in [-0.25, -0.2) is 4.39 Å².